The molecule has 0 aromatic carbocycles. The van der Waals surface area contributed by atoms with Gasteiger partial charge in [0, 0.05) is 24.7 Å². The number of nitrogens with one attached hydrogen (secondary N) is 1. The zero-order valence-corrected chi connectivity index (χ0v) is 12.3. The fraction of sp³-hybridized carbons (Fsp3) is 1.00. The van der Waals surface area contributed by atoms with Crippen LogP contribution >= 0.6 is 0 Å². The SMILES string of the molecule is CCC(C)(C)N(C)CCNC1CCS(=O)(=O)C1. The Hall–Kier alpha value is -0.130. The Bertz CT molecular complexity index is 338. The van der Waals surface area contributed by atoms with Crippen LogP contribution in [0.5, 0.6) is 0 Å². The van der Waals surface area contributed by atoms with E-state index in [0.29, 0.717) is 11.5 Å². The summed E-state index contributed by atoms with van der Waals surface area (Å²) in [7, 11) is -0.634. The smallest absolute Gasteiger partial charge is 0.151 e. The lowest BCUT2D eigenvalue weighted by atomic mass is 10.0. The van der Waals surface area contributed by atoms with Gasteiger partial charge in [-0.2, -0.15) is 0 Å². The standard InChI is InChI=1S/C12H26N2O2S/c1-5-12(2,3)14(4)8-7-13-11-6-9-17(15,16)10-11/h11,13H,5-10H2,1-4H3. The molecule has 17 heavy (non-hydrogen) atoms. The first-order chi connectivity index (χ1) is 7.77. The van der Waals surface area contributed by atoms with E-state index in [2.05, 4.69) is 38.0 Å². The zero-order chi connectivity index (χ0) is 13.1. The van der Waals surface area contributed by atoms with Gasteiger partial charge in [0.05, 0.1) is 11.5 Å². The third-order valence-corrected chi connectivity index (χ3v) is 5.78. The molecule has 4 nitrogen and oxygen atoms in total. The van der Waals surface area contributed by atoms with Gasteiger partial charge in [0.2, 0.25) is 0 Å². The molecule has 0 radical (unpaired) electrons. The highest BCUT2D eigenvalue weighted by Crippen LogP contribution is 2.15. The van der Waals surface area contributed by atoms with Crippen LogP contribution in [-0.4, -0.2) is 56.5 Å². The average Bonchev–Trinajstić information content (AvgIpc) is 2.58. The molecule has 1 unspecified atom stereocenters. The molecule has 0 saturated carbocycles. The summed E-state index contributed by atoms with van der Waals surface area (Å²) in [6.45, 7) is 8.46. The lowest BCUT2D eigenvalue weighted by Crippen LogP contribution is -2.45. The summed E-state index contributed by atoms with van der Waals surface area (Å²) in [6, 6.07) is 0.165. The van der Waals surface area contributed by atoms with Crippen LogP contribution in [0.1, 0.15) is 33.6 Å². The molecule has 102 valence electrons. The van der Waals surface area contributed by atoms with Crippen molar-refractivity contribution in [3.05, 3.63) is 0 Å². The Kier molecular flexibility index (Phi) is 4.98. The molecule has 1 atom stereocenters. The maximum absolute atomic E-state index is 11.3. The topological polar surface area (TPSA) is 49.4 Å². The second-order valence-corrected chi connectivity index (χ2v) is 7.87. The lowest BCUT2D eigenvalue weighted by molar-refractivity contribution is 0.151. The molecule has 0 aromatic rings. The highest BCUT2D eigenvalue weighted by molar-refractivity contribution is 7.91. The van der Waals surface area contributed by atoms with E-state index < -0.39 is 9.84 Å². The van der Waals surface area contributed by atoms with Crippen molar-refractivity contribution in [2.75, 3.05) is 31.6 Å². The van der Waals surface area contributed by atoms with E-state index in [0.717, 1.165) is 25.9 Å². The second-order valence-electron chi connectivity index (χ2n) is 5.64. The lowest BCUT2D eigenvalue weighted by Gasteiger charge is -2.35. The van der Waals surface area contributed by atoms with Crippen molar-refractivity contribution in [2.24, 2.45) is 0 Å². The fourth-order valence-electron chi connectivity index (χ4n) is 1.96. The monoisotopic (exact) mass is 262 g/mol. The van der Waals surface area contributed by atoms with E-state index in [1.165, 1.54) is 0 Å². The maximum atomic E-state index is 11.3. The summed E-state index contributed by atoms with van der Waals surface area (Å²) in [5.41, 5.74) is 0.212. The Labute approximate surface area is 106 Å². The van der Waals surface area contributed by atoms with Crippen molar-refractivity contribution in [1.82, 2.24) is 10.2 Å². The zero-order valence-electron chi connectivity index (χ0n) is 11.5. The predicted octanol–water partition coefficient (Wildman–Crippen LogP) is 0.884. The van der Waals surface area contributed by atoms with Gasteiger partial charge < -0.3 is 5.32 Å². The molecule has 1 fully saturated rings. The molecule has 1 rings (SSSR count). The van der Waals surface area contributed by atoms with Crippen LogP contribution in [-0.2, 0) is 9.84 Å². The van der Waals surface area contributed by atoms with Crippen LogP contribution in [0.4, 0.5) is 0 Å². The van der Waals surface area contributed by atoms with Crippen molar-refractivity contribution in [2.45, 2.75) is 45.2 Å². The molecule has 0 aliphatic carbocycles. The van der Waals surface area contributed by atoms with Gasteiger partial charge in [-0.1, -0.05) is 6.92 Å². The molecule has 0 spiro atoms. The maximum Gasteiger partial charge on any atom is 0.151 e. The Morgan fingerprint density at radius 1 is 1.41 bits per heavy atom. The minimum absolute atomic E-state index is 0.165. The predicted molar refractivity (Wildman–Crippen MR) is 72.1 cm³/mol. The molecule has 0 amide bonds. The summed E-state index contributed by atoms with van der Waals surface area (Å²) in [4.78, 5) is 2.32. The summed E-state index contributed by atoms with van der Waals surface area (Å²) < 4.78 is 22.6. The normalized spacial score (nSPS) is 24.4. The van der Waals surface area contributed by atoms with E-state index >= 15 is 0 Å². The van der Waals surface area contributed by atoms with E-state index in [1.807, 2.05) is 0 Å². The number of likely N-dealkylation sites (N-methyl/N-ethyl adjacent to an activating group) is 1. The number of sulfone groups is 1. The van der Waals surface area contributed by atoms with Crippen molar-refractivity contribution >= 4 is 9.84 Å². The van der Waals surface area contributed by atoms with Crippen LogP contribution in [0.3, 0.4) is 0 Å². The molecule has 1 N–H and O–H groups in total. The third-order valence-electron chi connectivity index (χ3n) is 4.01. The molecule has 5 heteroatoms. The quantitative estimate of drug-likeness (QED) is 0.772. The summed E-state index contributed by atoms with van der Waals surface area (Å²) in [5, 5.41) is 3.34. The van der Waals surface area contributed by atoms with Crippen molar-refractivity contribution < 1.29 is 8.42 Å². The van der Waals surface area contributed by atoms with Crippen molar-refractivity contribution in [1.29, 1.82) is 0 Å². The third kappa shape index (κ3) is 4.56. The second kappa shape index (κ2) is 5.67. The van der Waals surface area contributed by atoms with E-state index in [1.54, 1.807) is 0 Å². The highest BCUT2D eigenvalue weighted by atomic mass is 32.2. The highest BCUT2D eigenvalue weighted by Gasteiger charge is 2.27. The van der Waals surface area contributed by atoms with Crippen LogP contribution in [0.15, 0.2) is 0 Å². The first-order valence-corrected chi connectivity index (χ1v) is 8.24. The first-order valence-electron chi connectivity index (χ1n) is 6.42. The Morgan fingerprint density at radius 2 is 2.06 bits per heavy atom. The van der Waals surface area contributed by atoms with Crippen molar-refractivity contribution in [3.63, 3.8) is 0 Å². The number of rotatable bonds is 6. The molecule has 0 bridgehead atoms. The van der Waals surface area contributed by atoms with Gasteiger partial charge in [-0.15, -0.1) is 0 Å². The van der Waals surface area contributed by atoms with Gasteiger partial charge in [-0.25, -0.2) is 8.42 Å². The number of hydrogen-bond acceptors (Lipinski definition) is 4. The van der Waals surface area contributed by atoms with Gasteiger partial charge in [0.1, 0.15) is 0 Å². The molecule has 1 aliphatic rings. The molecular weight excluding hydrogens is 236 g/mol. The largest absolute Gasteiger partial charge is 0.312 e. The van der Waals surface area contributed by atoms with E-state index in [9.17, 15) is 8.42 Å². The van der Waals surface area contributed by atoms with Gasteiger partial charge in [-0.05, 0) is 33.7 Å². The van der Waals surface area contributed by atoms with Crippen LogP contribution in [0.25, 0.3) is 0 Å². The number of nitrogens with zero attached hydrogens (tertiary/aromatic N) is 1. The minimum atomic E-state index is -2.76. The first kappa shape index (κ1) is 14.9. The van der Waals surface area contributed by atoms with Crippen LogP contribution in [0, 0.1) is 0 Å². The van der Waals surface area contributed by atoms with Gasteiger partial charge >= 0.3 is 0 Å². The molecule has 1 heterocycles. The van der Waals surface area contributed by atoms with Crippen LogP contribution in [0.2, 0.25) is 0 Å². The van der Waals surface area contributed by atoms with E-state index in [4.69, 9.17) is 0 Å². The summed E-state index contributed by atoms with van der Waals surface area (Å²) >= 11 is 0. The van der Waals surface area contributed by atoms with Gasteiger partial charge in [0.15, 0.2) is 9.84 Å². The number of hydrogen-bond donors (Lipinski definition) is 1. The Balaban J connectivity index is 2.25. The summed E-state index contributed by atoms with van der Waals surface area (Å²) in [5.74, 6) is 0.662. The molecule has 1 saturated heterocycles. The van der Waals surface area contributed by atoms with E-state index in [-0.39, 0.29) is 11.6 Å². The average molecular weight is 262 g/mol. The van der Waals surface area contributed by atoms with Gasteiger partial charge in [-0.3, -0.25) is 4.90 Å². The fourth-order valence-corrected chi connectivity index (χ4v) is 3.67. The molecule has 0 aromatic heterocycles. The molecule has 1 aliphatic heterocycles. The van der Waals surface area contributed by atoms with Crippen molar-refractivity contribution in [3.8, 4) is 0 Å². The summed E-state index contributed by atoms with van der Waals surface area (Å²) in [6.07, 6.45) is 1.88. The minimum Gasteiger partial charge on any atom is -0.312 e. The molecular formula is C12H26N2O2S. The Morgan fingerprint density at radius 3 is 2.53 bits per heavy atom. The van der Waals surface area contributed by atoms with Crippen LogP contribution < -0.4 is 5.32 Å². The van der Waals surface area contributed by atoms with Gasteiger partial charge in [0.25, 0.3) is 0 Å².